The monoisotopic (exact) mass is 274 g/mol. The number of rotatable bonds is 5. The fourth-order valence-electron chi connectivity index (χ4n) is 1.27. The van der Waals surface area contributed by atoms with E-state index in [1.807, 2.05) is 6.07 Å². The van der Waals surface area contributed by atoms with E-state index in [0.29, 0.717) is 5.57 Å². The largest absolute Gasteiger partial charge is 0.356 e. The number of allylic oxidation sites excluding steroid dienone is 3. The average molecular weight is 274 g/mol. The van der Waals surface area contributed by atoms with Gasteiger partial charge in [0.25, 0.3) is 11.4 Å². The van der Waals surface area contributed by atoms with E-state index in [1.54, 1.807) is 6.92 Å². The number of nitriles is 1. The van der Waals surface area contributed by atoms with Gasteiger partial charge in [0.1, 0.15) is 5.69 Å². The summed E-state index contributed by atoms with van der Waals surface area (Å²) < 4.78 is 0. The van der Waals surface area contributed by atoms with Crippen molar-refractivity contribution >= 4 is 17.1 Å². The van der Waals surface area contributed by atoms with Crippen LogP contribution in [0.4, 0.5) is 17.1 Å². The summed E-state index contributed by atoms with van der Waals surface area (Å²) in [5, 5.41) is 32.6. The molecule has 0 fully saturated rings. The van der Waals surface area contributed by atoms with E-state index in [2.05, 4.69) is 5.32 Å². The first-order valence-electron chi connectivity index (χ1n) is 5.38. The summed E-state index contributed by atoms with van der Waals surface area (Å²) >= 11 is 0. The lowest BCUT2D eigenvalue weighted by Crippen LogP contribution is -1.97. The minimum Gasteiger partial charge on any atom is -0.356 e. The SMILES string of the molecule is C/C(C#N)=C\C=C\Nc1ccc([N+](=O)[O-])cc1[N+](=O)[O-]. The maximum absolute atomic E-state index is 10.8. The van der Waals surface area contributed by atoms with E-state index >= 15 is 0 Å². The van der Waals surface area contributed by atoms with Crippen LogP contribution in [0.5, 0.6) is 0 Å². The molecule has 0 saturated heterocycles. The number of non-ortho nitro benzene ring substituents is 1. The molecule has 0 unspecified atom stereocenters. The molecule has 0 aliphatic carbocycles. The molecule has 0 atom stereocenters. The van der Waals surface area contributed by atoms with Gasteiger partial charge in [0.05, 0.1) is 22.0 Å². The molecule has 1 aromatic carbocycles. The van der Waals surface area contributed by atoms with Gasteiger partial charge in [0, 0.05) is 17.8 Å². The number of nitrogens with one attached hydrogen (secondary N) is 1. The predicted octanol–water partition coefficient (Wildman–Crippen LogP) is 2.90. The molecule has 0 saturated carbocycles. The third kappa shape index (κ3) is 3.92. The molecule has 1 aromatic rings. The van der Waals surface area contributed by atoms with Crippen LogP contribution in [-0.4, -0.2) is 9.85 Å². The normalized spacial score (nSPS) is 11.1. The second-order valence-corrected chi connectivity index (χ2v) is 3.68. The number of hydrogen-bond donors (Lipinski definition) is 1. The van der Waals surface area contributed by atoms with Crippen LogP contribution in [0.2, 0.25) is 0 Å². The molecule has 0 heterocycles. The Morgan fingerprint density at radius 2 is 2.05 bits per heavy atom. The average Bonchev–Trinajstić information content (AvgIpc) is 2.42. The van der Waals surface area contributed by atoms with Gasteiger partial charge in [-0.3, -0.25) is 20.2 Å². The van der Waals surface area contributed by atoms with Gasteiger partial charge in [0.15, 0.2) is 0 Å². The van der Waals surface area contributed by atoms with Crippen LogP contribution in [0.3, 0.4) is 0 Å². The lowest BCUT2D eigenvalue weighted by molar-refractivity contribution is -0.393. The Labute approximate surface area is 113 Å². The van der Waals surface area contributed by atoms with Crippen molar-refractivity contribution in [2.45, 2.75) is 6.92 Å². The van der Waals surface area contributed by atoms with Gasteiger partial charge in [-0.2, -0.15) is 5.26 Å². The molecule has 0 spiro atoms. The van der Waals surface area contributed by atoms with Crippen LogP contribution >= 0.6 is 0 Å². The van der Waals surface area contributed by atoms with E-state index < -0.39 is 15.5 Å². The maximum atomic E-state index is 10.8. The second kappa shape index (κ2) is 6.65. The zero-order valence-electron chi connectivity index (χ0n) is 10.4. The number of nitro groups is 2. The fraction of sp³-hybridized carbons (Fsp3) is 0.0833. The molecule has 0 bridgehead atoms. The second-order valence-electron chi connectivity index (χ2n) is 3.68. The summed E-state index contributed by atoms with van der Waals surface area (Å²) in [6.07, 6.45) is 4.42. The van der Waals surface area contributed by atoms with Gasteiger partial charge < -0.3 is 5.32 Å². The Balaban J connectivity index is 2.99. The van der Waals surface area contributed by atoms with Crippen molar-refractivity contribution in [3.8, 4) is 6.07 Å². The molecule has 1 rings (SSSR count). The Hall–Kier alpha value is -3.21. The van der Waals surface area contributed by atoms with Crippen LogP contribution in [0.25, 0.3) is 0 Å². The molecule has 0 amide bonds. The van der Waals surface area contributed by atoms with Crippen molar-refractivity contribution in [3.63, 3.8) is 0 Å². The molecule has 0 aromatic heterocycles. The van der Waals surface area contributed by atoms with E-state index in [1.165, 1.54) is 30.5 Å². The highest BCUT2D eigenvalue weighted by molar-refractivity contribution is 5.66. The molecule has 0 aliphatic heterocycles. The third-order valence-electron chi connectivity index (χ3n) is 2.25. The molecule has 8 heteroatoms. The summed E-state index contributed by atoms with van der Waals surface area (Å²) in [5.74, 6) is 0. The van der Waals surface area contributed by atoms with Crippen molar-refractivity contribution in [2.24, 2.45) is 0 Å². The zero-order chi connectivity index (χ0) is 15.1. The van der Waals surface area contributed by atoms with Crippen molar-refractivity contribution in [2.75, 3.05) is 5.32 Å². The Morgan fingerprint density at radius 3 is 2.60 bits per heavy atom. The van der Waals surface area contributed by atoms with Crippen molar-refractivity contribution in [1.29, 1.82) is 5.26 Å². The first kappa shape index (κ1) is 14.8. The molecular formula is C12H10N4O4. The Morgan fingerprint density at radius 1 is 1.35 bits per heavy atom. The smallest absolute Gasteiger partial charge is 0.299 e. The van der Waals surface area contributed by atoms with E-state index in [9.17, 15) is 20.2 Å². The zero-order valence-corrected chi connectivity index (χ0v) is 10.4. The van der Waals surface area contributed by atoms with Crippen molar-refractivity contribution in [1.82, 2.24) is 0 Å². The number of benzene rings is 1. The highest BCUT2D eigenvalue weighted by Gasteiger charge is 2.18. The quantitative estimate of drug-likeness (QED) is 0.381. The molecule has 8 nitrogen and oxygen atoms in total. The van der Waals surface area contributed by atoms with Gasteiger partial charge in [-0.1, -0.05) is 0 Å². The lowest BCUT2D eigenvalue weighted by atomic mass is 10.2. The molecular weight excluding hydrogens is 264 g/mol. The highest BCUT2D eigenvalue weighted by atomic mass is 16.6. The lowest BCUT2D eigenvalue weighted by Gasteiger charge is -2.01. The van der Waals surface area contributed by atoms with E-state index in [0.717, 1.165) is 6.07 Å². The minimum atomic E-state index is -0.709. The molecule has 102 valence electrons. The van der Waals surface area contributed by atoms with Crippen LogP contribution in [-0.2, 0) is 0 Å². The number of nitrogens with zero attached hydrogens (tertiary/aromatic N) is 3. The number of hydrogen-bond acceptors (Lipinski definition) is 6. The molecule has 0 radical (unpaired) electrons. The number of anilines is 1. The van der Waals surface area contributed by atoms with Crippen LogP contribution in [0.1, 0.15) is 6.92 Å². The first-order valence-corrected chi connectivity index (χ1v) is 5.38. The summed E-state index contributed by atoms with van der Waals surface area (Å²) in [6.45, 7) is 1.61. The summed E-state index contributed by atoms with van der Waals surface area (Å²) in [6, 6.07) is 5.21. The van der Waals surface area contributed by atoms with Gasteiger partial charge in [-0.05, 0) is 25.1 Å². The first-order chi connectivity index (χ1) is 9.45. The molecule has 20 heavy (non-hydrogen) atoms. The maximum Gasteiger partial charge on any atom is 0.299 e. The van der Waals surface area contributed by atoms with Gasteiger partial charge in [-0.25, -0.2) is 0 Å². The highest BCUT2D eigenvalue weighted by Crippen LogP contribution is 2.28. The standard InChI is InChI=1S/C12H10N4O4/c1-9(8-13)3-2-6-14-11-5-4-10(15(17)18)7-12(11)16(19)20/h2-7,14H,1H3/b6-2+,9-3+. The van der Waals surface area contributed by atoms with E-state index in [-0.39, 0.29) is 11.4 Å². The van der Waals surface area contributed by atoms with Crippen molar-refractivity contribution in [3.05, 3.63) is 62.4 Å². The summed E-state index contributed by atoms with van der Waals surface area (Å²) in [7, 11) is 0. The summed E-state index contributed by atoms with van der Waals surface area (Å²) in [4.78, 5) is 20.0. The number of nitro benzene ring substituents is 2. The fourth-order valence-corrected chi connectivity index (χ4v) is 1.27. The molecule has 0 aliphatic rings. The third-order valence-corrected chi connectivity index (χ3v) is 2.25. The Kier molecular flexibility index (Phi) is 4.94. The molecule has 1 N–H and O–H groups in total. The van der Waals surface area contributed by atoms with Crippen LogP contribution in [0.15, 0.2) is 42.1 Å². The van der Waals surface area contributed by atoms with E-state index in [4.69, 9.17) is 5.26 Å². The topological polar surface area (TPSA) is 122 Å². The van der Waals surface area contributed by atoms with Crippen LogP contribution < -0.4 is 5.32 Å². The van der Waals surface area contributed by atoms with Gasteiger partial charge >= 0.3 is 0 Å². The minimum absolute atomic E-state index is 0.125. The van der Waals surface area contributed by atoms with Crippen LogP contribution in [0, 0.1) is 31.6 Å². The van der Waals surface area contributed by atoms with Gasteiger partial charge in [0.2, 0.25) is 0 Å². The van der Waals surface area contributed by atoms with Gasteiger partial charge in [-0.15, -0.1) is 0 Å². The van der Waals surface area contributed by atoms with Crippen molar-refractivity contribution < 1.29 is 9.85 Å². The Bertz CT molecular complexity index is 643. The predicted molar refractivity (Wildman–Crippen MR) is 71.9 cm³/mol. The summed E-state index contributed by atoms with van der Waals surface area (Å²) in [5.41, 5.74) is -0.155.